The van der Waals surface area contributed by atoms with Crippen molar-refractivity contribution < 1.29 is 0 Å². The first-order valence-corrected chi connectivity index (χ1v) is 5.02. The summed E-state index contributed by atoms with van der Waals surface area (Å²) in [6.07, 6.45) is 0. The Morgan fingerprint density at radius 2 is 1.93 bits per heavy atom. The topological polar surface area (TPSA) is 12.4 Å². The molecule has 0 saturated carbocycles. The fraction of sp³-hybridized carbons (Fsp3) is 0.182. The van der Waals surface area contributed by atoms with E-state index in [1.54, 1.807) is 18.2 Å². The second kappa shape index (κ2) is 6.63. The summed E-state index contributed by atoms with van der Waals surface area (Å²) in [5.74, 6) is 0. The van der Waals surface area contributed by atoms with Crippen molar-refractivity contribution in [2.24, 2.45) is 4.99 Å². The molecule has 1 nitrogen and oxygen atoms in total. The van der Waals surface area contributed by atoms with E-state index in [0.29, 0.717) is 15.7 Å². The number of halogens is 2. The fourth-order valence-corrected chi connectivity index (χ4v) is 1.19. The number of hydrogen-bond acceptors (Lipinski definition) is 1. The predicted octanol–water partition coefficient (Wildman–Crippen LogP) is 4.91. The lowest BCUT2D eigenvalue weighted by molar-refractivity contribution is 1.50. The van der Waals surface area contributed by atoms with Gasteiger partial charge in [0.25, 0.3) is 0 Å². The van der Waals surface area contributed by atoms with Crippen LogP contribution in [0.25, 0.3) is 5.03 Å². The Bertz CT molecular complexity index is 332. The summed E-state index contributed by atoms with van der Waals surface area (Å²) in [5, 5.41) is 1.05. The van der Waals surface area contributed by atoms with Crippen molar-refractivity contribution in [1.29, 1.82) is 0 Å². The highest BCUT2D eigenvalue weighted by Crippen LogP contribution is 2.29. The van der Waals surface area contributed by atoms with Crippen LogP contribution >= 0.6 is 23.2 Å². The molecule has 1 aromatic rings. The van der Waals surface area contributed by atoms with Gasteiger partial charge in [0.1, 0.15) is 0 Å². The Balaban J connectivity index is 0.000000791. The van der Waals surface area contributed by atoms with Gasteiger partial charge in [-0.25, -0.2) is 0 Å². The molecule has 0 spiro atoms. The zero-order valence-electron chi connectivity index (χ0n) is 8.35. The van der Waals surface area contributed by atoms with Crippen LogP contribution in [0, 0.1) is 0 Å². The molecular formula is C11H13Cl2N. The number of aliphatic imine (C=N–C) groups is 1. The second-order valence-corrected chi connectivity index (χ2v) is 3.12. The first-order chi connectivity index (χ1) is 6.65. The summed E-state index contributed by atoms with van der Waals surface area (Å²) in [7, 11) is 0. The number of benzene rings is 1. The second-order valence-electron chi connectivity index (χ2n) is 2.22. The zero-order chi connectivity index (χ0) is 11.1. The molecule has 0 heterocycles. The van der Waals surface area contributed by atoms with Gasteiger partial charge in [0.2, 0.25) is 0 Å². The molecule has 1 rings (SSSR count). The van der Waals surface area contributed by atoms with Gasteiger partial charge in [0, 0.05) is 15.6 Å². The van der Waals surface area contributed by atoms with Crippen LogP contribution in [0.1, 0.15) is 19.4 Å². The summed E-state index contributed by atoms with van der Waals surface area (Å²) in [5.41, 5.74) is 1.42. The Morgan fingerprint density at radius 3 is 2.36 bits per heavy atom. The van der Waals surface area contributed by atoms with Crippen molar-refractivity contribution in [3.63, 3.8) is 0 Å². The third-order valence-corrected chi connectivity index (χ3v) is 1.86. The quantitative estimate of drug-likeness (QED) is 0.640. The monoisotopic (exact) mass is 229 g/mol. The van der Waals surface area contributed by atoms with Crippen LogP contribution < -0.4 is 0 Å². The average molecular weight is 230 g/mol. The molecule has 0 aliphatic rings. The molecule has 0 radical (unpaired) electrons. The molecule has 0 bridgehead atoms. The SMILES string of the molecule is C=Nc1cc(Cl)ccc1C(=C)Cl.CC. The van der Waals surface area contributed by atoms with Crippen LogP contribution in [-0.4, -0.2) is 6.72 Å². The van der Waals surface area contributed by atoms with Gasteiger partial charge in [-0.2, -0.15) is 0 Å². The molecule has 1 aromatic carbocycles. The van der Waals surface area contributed by atoms with Crippen LogP contribution in [0.5, 0.6) is 0 Å². The van der Waals surface area contributed by atoms with Crippen molar-refractivity contribution in [2.75, 3.05) is 0 Å². The number of rotatable bonds is 2. The zero-order valence-corrected chi connectivity index (χ0v) is 9.86. The standard InChI is InChI=1S/C9H7Cl2N.C2H6/c1-6(10)8-4-3-7(11)5-9(8)12-2;1-2/h3-5H,1-2H2;1-2H3. The minimum Gasteiger partial charge on any atom is -0.264 e. The van der Waals surface area contributed by atoms with E-state index in [-0.39, 0.29) is 0 Å². The van der Waals surface area contributed by atoms with E-state index in [1.165, 1.54) is 0 Å². The Hall–Kier alpha value is -0.790. The maximum Gasteiger partial charge on any atom is 0.0724 e. The van der Waals surface area contributed by atoms with E-state index in [9.17, 15) is 0 Å². The van der Waals surface area contributed by atoms with Gasteiger partial charge in [-0.05, 0) is 24.9 Å². The number of hydrogen-bond donors (Lipinski definition) is 0. The van der Waals surface area contributed by atoms with Gasteiger partial charge >= 0.3 is 0 Å². The van der Waals surface area contributed by atoms with E-state index < -0.39 is 0 Å². The minimum atomic E-state index is 0.439. The van der Waals surface area contributed by atoms with Crippen molar-refractivity contribution in [3.05, 3.63) is 35.4 Å². The van der Waals surface area contributed by atoms with Crippen molar-refractivity contribution in [3.8, 4) is 0 Å². The number of nitrogens with zero attached hydrogens (tertiary/aromatic N) is 1. The van der Waals surface area contributed by atoms with Crippen LogP contribution in [0.2, 0.25) is 5.02 Å². The molecule has 76 valence electrons. The van der Waals surface area contributed by atoms with Gasteiger partial charge in [-0.3, -0.25) is 4.99 Å². The van der Waals surface area contributed by atoms with Gasteiger partial charge in [-0.1, -0.05) is 43.6 Å². The third-order valence-electron chi connectivity index (χ3n) is 1.42. The van der Waals surface area contributed by atoms with E-state index >= 15 is 0 Å². The third kappa shape index (κ3) is 3.52. The lowest BCUT2D eigenvalue weighted by Gasteiger charge is -2.02. The maximum absolute atomic E-state index is 5.74. The van der Waals surface area contributed by atoms with E-state index in [4.69, 9.17) is 23.2 Å². The molecule has 0 aliphatic carbocycles. The summed E-state index contributed by atoms with van der Waals surface area (Å²) >= 11 is 11.5. The van der Waals surface area contributed by atoms with Crippen LogP contribution in [-0.2, 0) is 0 Å². The van der Waals surface area contributed by atoms with Gasteiger partial charge < -0.3 is 0 Å². The first kappa shape index (κ1) is 13.2. The van der Waals surface area contributed by atoms with Crippen LogP contribution in [0.3, 0.4) is 0 Å². The molecule has 0 atom stereocenters. The first-order valence-electron chi connectivity index (χ1n) is 4.26. The van der Waals surface area contributed by atoms with Crippen molar-refractivity contribution >= 4 is 40.6 Å². The van der Waals surface area contributed by atoms with Crippen LogP contribution in [0.15, 0.2) is 29.8 Å². The van der Waals surface area contributed by atoms with Gasteiger partial charge in [-0.15, -0.1) is 0 Å². The molecule has 0 unspecified atom stereocenters. The maximum atomic E-state index is 5.74. The lowest BCUT2D eigenvalue weighted by atomic mass is 10.2. The summed E-state index contributed by atoms with van der Waals surface area (Å²) in [6.45, 7) is 11.0. The molecule has 0 N–H and O–H groups in total. The molecule has 14 heavy (non-hydrogen) atoms. The highest BCUT2D eigenvalue weighted by atomic mass is 35.5. The molecule has 0 aromatic heterocycles. The molecule has 0 fully saturated rings. The van der Waals surface area contributed by atoms with Crippen LogP contribution in [0.4, 0.5) is 5.69 Å². The van der Waals surface area contributed by atoms with Gasteiger partial charge in [0.05, 0.1) is 5.69 Å². The van der Waals surface area contributed by atoms with E-state index in [2.05, 4.69) is 18.3 Å². The van der Waals surface area contributed by atoms with Crippen molar-refractivity contribution in [1.82, 2.24) is 0 Å². The smallest absolute Gasteiger partial charge is 0.0724 e. The lowest BCUT2D eigenvalue weighted by Crippen LogP contribution is -1.77. The average Bonchev–Trinajstić information content (AvgIpc) is 2.20. The Kier molecular flexibility index (Phi) is 6.26. The van der Waals surface area contributed by atoms with E-state index in [0.717, 1.165) is 5.56 Å². The molecular weight excluding hydrogens is 217 g/mol. The van der Waals surface area contributed by atoms with Crippen molar-refractivity contribution in [2.45, 2.75) is 13.8 Å². The summed E-state index contributed by atoms with van der Waals surface area (Å²) < 4.78 is 0. The molecule has 0 saturated heterocycles. The van der Waals surface area contributed by atoms with Gasteiger partial charge in [0.15, 0.2) is 0 Å². The molecule has 3 heteroatoms. The Morgan fingerprint density at radius 1 is 1.36 bits per heavy atom. The molecule has 0 amide bonds. The summed E-state index contributed by atoms with van der Waals surface area (Å²) in [6, 6.07) is 5.19. The highest BCUT2D eigenvalue weighted by Gasteiger charge is 2.02. The fourth-order valence-electron chi connectivity index (χ4n) is 0.865. The highest BCUT2D eigenvalue weighted by molar-refractivity contribution is 6.48. The Labute approximate surface area is 95.1 Å². The molecule has 0 aliphatic heterocycles. The normalized spacial score (nSPS) is 8.57. The largest absolute Gasteiger partial charge is 0.264 e. The minimum absolute atomic E-state index is 0.439. The predicted molar refractivity (Wildman–Crippen MR) is 66.9 cm³/mol. The summed E-state index contributed by atoms with van der Waals surface area (Å²) in [4.78, 5) is 3.77. The van der Waals surface area contributed by atoms with E-state index in [1.807, 2.05) is 13.8 Å².